The van der Waals surface area contributed by atoms with Gasteiger partial charge >= 0.3 is 12.0 Å². The lowest BCUT2D eigenvalue weighted by Gasteiger charge is -2.45. The Hall–Kier alpha value is -3.15. The average molecular weight is 646 g/mol. The fourth-order valence-corrected chi connectivity index (χ4v) is 5.60. The summed E-state index contributed by atoms with van der Waals surface area (Å²) >= 11 is 12.9. The first-order valence-corrected chi connectivity index (χ1v) is 14.6. The second-order valence-electron chi connectivity index (χ2n) is 10.4. The summed E-state index contributed by atoms with van der Waals surface area (Å²) in [5.74, 6) is -4.86. The van der Waals surface area contributed by atoms with E-state index in [0.717, 1.165) is 5.56 Å². The molecule has 43 heavy (non-hydrogen) atoms. The van der Waals surface area contributed by atoms with Gasteiger partial charge in [-0.3, -0.25) is 4.79 Å². The van der Waals surface area contributed by atoms with Gasteiger partial charge < -0.3 is 29.5 Å². The van der Waals surface area contributed by atoms with Gasteiger partial charge in [-0.25, -0.2) is 18.4 Å². The fraction of sp³-hybridized carbons (Fsp3) is 0.500. The van der Waals surface area contributed by atoms with Crippen molar-refractivity contribution in [3.05, 3.63) is 57.1 Å². The van der Waals surface area contributed by atoms with Crippen molar-refractivity contribution in [3.8, 4) is 11.5 Å². The molecule has 0 aliphatic heterocycles. The normalized spacial score (nSPS) is 16.4. The minimum atomic E-state index is -3.22. The molecule has 1 aliphatic carbocycles. The van der Waals surface area contributed by atoms with Crippen LogP contribution in [-0.4, -0.2) is 65.6 Å². The molecule has 2 atom stereocenters. The number of halogens is 4. The number of hydrogen-bond donors (Lipinski definition) is 2. The Kier molecular flexibility index (Phi) is 11.3. The molecule has 236 valence electrons. The van der Waals surface area contributed by atoms with Crippen molar-refractivity contribution in [1.82, 2.24) is 10.2 Å². The predicted octanol–water partition coefficient (Wildman–Crippen LogP) is 7.10. The number of rotatable bonds is 14. The van der Waals surface area contributed by atoms with Crippen LogP contribution in [0.1, 0.15) is 81.1 Å². The maximum Gasteiger partial charge on any atom is 0.329 e. The minimum absolute atomic E-state index is 0.0124. The van der Waals surface area contributed by atoms with Crippen LogP contribution in [0.25, 0.3) is 0 Å². The van der Waals surface area contributed by atoms with E-state index in [2.05, 4.69) is 5.32 Å². The van der Waals surface area contributed by atoms with Crippen molar-refractivity contribution < 1.29 is 42.5 Å². The summed E-state index contributed by atoms with van der Waals surface area (Å²) in [5.41, 5.74) is -0.868. The highest BCUT2D eigenvalue weighted by Gasteiger charge is 2.62. The Morgan fingerprint density at radius 2 is 1.74 bits per heavy atom. The van der Waals surface area contributed by atoms with Crippen LogP contribution in [0.4, 0.5) is 13.6 Å². The number of carboxylic acids is 1. The Morgan fingerprint density at radius 3 is 2.28 bits per heavy atom. The van der Waals surface area contributed by atoms with Crippen LogP contribution < -0.4 is 14.8 Å². The van der Waals surface area contributed by atoms with Crippen LogP contribution in [0.2, 0.25) is 10.0 Å². The van der Waals surface area contributed by atoms with Crippen LogP contribution in [0.15, 0.2) is 30.3 Å². The van der Waals surface area contributed by atoms with Crippen LogP contribution in [-0.2, 0) is 9.53 Å². The van der Waals surface area contributed by atoms with Gasteiger partial charge in [0.2, 0.25) is 0 Å². The summed E-state index contributed by atoms with van der Waals surface area (Å²) in [4.78, 5) is 39.4. The van der Waals surface area contributed by atoms with E-state index in [9.17, 15) is 28.3 Å². The molecule has 3 rings (SSSR count). The number of hydrogen-bond acceptors (Lipinski definition) is 6. The number of benzene rings is 2. The van der Waals surface area contributed by atoms with Gasteiger partial charge in [-0.2, -0.15) is 0 Å². The lowest BCUT2D eigenvalue weighted by Crippen LogP contribution is -2.68. The third kappa shape index (κ3) is 7.87. The maximum atomic E-state index is 13.8. The van der Waals surface area contributed by atoms with Crippen molar-refractivity contribution in [2.75, 3.05) is 26.4 Å². The molecule has 2 aromatic carbocycles. The number of carbonyl (C=O) groups is 3. The smallest absolute Gasteiger partial charge is 0.329 e. The van der Waals surface area contributed by atoms with Crippen LogP contribution in [0.3, 0.4) is 0 Å². The lowest BCUT2D eigenvalue weighted by molar-refractivity contribution is -0.175. The molecule has 1 aliphatic rings. The first-order valence-electron chi connectivity index (χ1n) is 13.9. The summed E-state index contributed by atoms with van der Waals surface area (Å²) < 4.78 is 45.0. The zero-order valence-electron chi connectivity index (χ0n) is 24.6. The van der Waals surface area contributed by atoms with E-state index < -0.39 is 48.4 Å². The number of urea groups is 1. The number of nitrogens with zero attached hydrogens (tertiary/aromatic N) is 1. The van der Waals surface area contributed by atoms with Crippen LogP contribution in [0.5, 0.6) is 11.5 Å². The van der Waals surface area contributed by atoms with E-state index >= 15 is 0 Å². The van der Waals surface area contributed by atoms with Gasteiger partial charge in [0.1, 0.15) is 11.3 Å². The molecule has 2 aromatic rings. The van der Waals surface area contributed by atoms with Gasteiger partial charge in [-0.05, 0) is 58.4 Å². The van der Waals surface area contributed by atoms with Crippen molar-refractivity contribution in [2.24, 2.45) is 0 Å². The number of ether oxygens (including phenoxy) is 3. The summed E-state index contributed by atoms with van der Waals surface area (Å²) in [7, 11) is 0. The third-order valence-corrected chi connectivity index (χ3v) is 7.85. The van der Waals surface area contributed by atoms with Crippen molar-refractivity contribution in [2.45, 2.75) is 71.1 Å². The highest BCUT2D eigenvalue weighted by molar-refractivity contribution is 6.33. The van der Waals surface area contributed by atoms with Gasteiger partial charge in [-0.1, -0.05) is 35.3 Å². The number of carboxylic acid groups (broad SMARTS) is 1. The molecule has 0 radical (unpaired) electrons. The van der Waals surface area contributed by atoms with E-state index in [1.807, 2.05) is 6.07 Å². The molecule has 0 aromatic heterocycles. The quantitative estimate of drug-likeness (QED) is 0.211. The van der Waals surface area contributed by atoms with Crippen molar-refractivity contribution in [1.29, 1.82) is 0 Å². The molecule has 1 fully saturated rings. The fourth-order valence-electron chi connectivity index (χ4n) is 5.04. The number of nitrogens with one attached hydrogen (secondary N) is 1. The molecule has 1 saturated carbocycles. The topological polar surface area (TPSA) is 114 Å². The molecule has 0 unspecified atom stereocenters. The molecule has 9 nitrogen and oxygen atoms in total. The van der Waals surface area contributed by atoms with Crippen LogP contribution in [0, 0.1) is 0 Å². The van der Waals surface area contributed by atoms with Crippen molar-refractivity contribution >= 4 is 41.0 Å². The molecule has 0 bridgehead atoms. The Morgan fingerprint density at radius 1 is 1.09 bits per heavy atom. The Labute approximate surface area is 259 Å². The van der Waals surface area contributed by atoms with E-state index in [-0.39, 0.29) is 54.2 Å². The molecule has 0 spiro atoms. The molecule has 0 saturated heterocycles. The summed E-state index contributed by atoms with van der Waals surface area (Å²) in [6.45, 7) is 8.53. The first-order chi connectivity index (χ1) is 20.2. The van der Waals surface area contributed by atoms with Crippen molar-refractivity contribution in [3.63, 3.8) is 0 Å². The summed E-state index contributed by atoms with van der Waals surface area (Å²) in [6.07, 6.45) is -2.49. The van der Waals surface area contributed by atoms with E-state index in [4.69, 9.17) is 37.4 Å². The monoisotopic (exact) mass is 644 g/mol. The Balaban J connectivity index is 1.99. The highest BCUT2D eigenvalue weighted by Crippen LogP contribution is 2.47. The standard InChI is InChI=1S/C30H36Cl2F2N2O7/c1-6-41-23-14-22(25(32)26(42-7-2)24(23)18(4)37)17(3)36(11-12-43-19(5)20-9-8-10-21(31)13-20)28(40)35-29(27(38)39)15-30(33,34)16-29/h8-10,13-14,17,19H,6-7,11-12,15-16H2,1-5H3,(H,35,40)(H,38,39)/t17-,19+/m1/s1. The second-order valence-corrected chi connectivity index (χ2v) is 11.2. The van der Waals surface area contributed by atoms with Gasteiger partial charge in [0.15, 0.2) is 17.1 Å². The number of ketones is 1. The predicted molar refractivity (Wildman–Crippen MR) is 158 cm³/mol. The molecule has 2 N–H and O–H groups in total. The van der Waals surface area contributed by atoms with Gasteiger partial charge in [0.05, 0.1) is 37.0 Å². The molecule has 2 amide bonds. The minimum Gasteiger partial charge on any atom is -0.493 e. The Bertz CT molecular complexity index is 1350. The second kappa shape index (κ2) is 14.1. The SMILES string of the molecule is CCOc1cc([C@@H](C)N(CCO[C@@H](C)c2cccc(Cl)c2)C(=O)NC2(C(=O)O)CC(F)(F)C2)c(Cl)c(OCC)c1C(C)=O. The maximum absolute atomic E-state index is 13.8. The number of carbonyl (C=O) groups excluding carboxylic acids is 2. The van der Waals surface area contributed by atoms with Gasteiger partial charge in [0, 0.05) is 30.0 Å². The average Bonchev–Trinajstić information content (AvgIpc) is 2.91. The number of amides is 2. The van der Waals surface area contributed by atoms with E-state index in [0.29, 0.717) is 10.6 Å². The largest absolute Gasteiger partial charge is 0.493 e. The van der Waals surface area contributed by atoms with E-state index in [1.165, 1.54) is 17.9 Å². The number of alkyl halides is 2. The third-order valence-electron chi connectivity index (χ3n) is 7.23. The molecular formula is C30H36Cl2F2N2O7. The highest BCUT2D eigenvalue weighted by atomic mass is 35.5. The first kappa shape index (κ1) is 34.3. The molecule has 13 heteroatoms. The number of aliphatic carboxylic acids is 1. The number of Topliss-reactive ketones (excluding diaryl/α,β-unsaturated/α-hetero) is 1. The zero-order valence-corrected chi connectivity index (χ0v) is 26.2. The molecular weight excluding hydrogens is 609 g/mol. The lowest BCUT2D eigenvalue weighted by atomic mass is 9.73. The van der Waals surface area contributed by atoms with Gasteiger partial charge in [-0.15, -0.1) is 0 Å². The zero-order chi connectivity index (χ0) is 32.1. The van der Waals surface area contributed by atoms with Crippen LogP contribution >= 0.6 is 23.2 Å². The van der Waals surface area contributed by atoms with E-state index in [1.54, 1.807) is 45.9 Å². The summed E-state index contributed by atoms with van der Waals surface area (Å²) in [5, 5.41) is 12.6. The van der Waals surface area contributed by atoms with Gasteiger partial charge in [0.25, 0.3) is 5.92 Å². The molecule has 0 heterocycles. The summed E-state index contributed by atoms with van der Waals surface area (Å²) in [6, 6.07) is 6.82.